The van der Waals surface area contributed by atoms with E-state index in [0.29, 0.717) is 15.2 Å². The predicted molar refractivity (Wildman–Crippen MR) is 110 cm³/mol. The first-order valence-electron chi connectivity index (χ1n) is 7.79. The molecule has 0 saturated heterocycles. The molecular formula is C17H15BrCl2N2O5S. The van der Waals surface area contributed by atoms with Crippen molar-refractivity contribution < 1.29 is 22.7 Å². The molecule has 2 rings (SSSR count). The van der Waals surface area contributed by atoms with Crippen LogP contribution in [0.3, 0.4) is 0 Å². The van der Waals surface area contributed by atoms with Gasteiger partial charge in [0.1, 0.15) is 11.4 Å². The van der Waals surface area contributed by atoms with Gasteiger partial charge < -0.3 is 10.1 Å². The average molecular weight is 510 g/mol. The van der Waals surface area contributed by atoms with Crippen LogP contribution in [0.2, 0.25) is 10.0 Å². The first-order valence-corrected chi connectivity index (χ1v) is 10.8. The Labute approximate surface area is 180 Å². The average Bonchev–Trinajstić information content (AvgIpc) is 2.61. The second kappa shape index (κ2) is 9.71. The number of amides is 1. The lowest BCUT2D eigenvalue weighted by Crippen LogP contribution is -2.35. The molecule has 2 aromatic carbocycles. The zero-order valence-electron chi connectivity index (χ0n) is 14.4. The molecule has 0 fully saturated rings. The minimum Gasteiger partial charge on any atom is -0.452 e. The van der Waals surface area contributed by atoms with Gasteiger partial charge in [-0.3, -0.25) is 9.59 Å². The largest absolute Gasteiger partial charge is 0.452 e. The number of anilines is 1. The first kappa shape index (κ1) is 22.6. The van der Waals surface area contributed by atoms with Crippen LogP contribution in [0, 0.1) is 0 Å². The maximum absolute atomic E-state index is 12.2. The number of esters is 1. The highest BCUT2D eigenvalue weighted by molar-refractivity contribution is 9.10. The lowest BCUT2D eigenvalue weighted by atomic mass is 10.3. The summed E-state index contributed by atoms with van der Waals surface area (Å²) < 4.78 is 32.1. The Kier molecular flexibility index (Phi) is 7.85. The van der Waals surface area contributed by atoms with Crippen molar-refractivity contribution >= 4 is 66.7 Å². The van der Waals surface area contributed by atoms with Gasteiger partial charge in [0.05, 0.1) is 5.02 Å². The van der Waals surface area contributed by atoms with Gasteiger partial charge in [0.25, 0.3) is 5.91 Å². The van der Waals surface area contributed by atoms with Crippen molar-refractivity contribution in [3.63, 3.8) is 0 Å². The molecule has 0 aliphatic carbocycles. The van der Waals surface area contributed by atoms with Crippen molar-refractivity contribution in [2.24, 2.45) is 0 Å². The van der Waals surface area contributed by atoms with Crippen LogP contribution in [-0.4, -0.2) is 32.9 Å². The molecule has 0 heterocycles. The lowest BCUT2D eigenvalue weighted by molar-refractivity contribution is -0.151. The van der Waals surface area contributed by atoms with Gasteiger partial charge in [-0.2, -0.15) is 4.72 Å². The van der Waals surface area contributed by atoms with Crippen molar-refractivity contribution in [1.29, 1.82) is 0 Å². The summed E-state index contributed by atoms with van der Waals surface area (Å²) in [6.07, 6.45) is -1.14. The normalized spacial score (nSPS) is 12.3. The van der Waals surface area contributed by atoms with Crippen molar-refractivity contribution in [2.45, 2.75) is 17.9 Å². The Morgan fingerprint density at radius 1 is 1.14 bits per heavy atom. The molecule has 1 unspecified atom stereocenters. The molecule has 0 radical (unpaired) electrons. The number of ether oxygens (including phenoxy) is 1. The van der Waals surface area contributed by atoms with Gasteiger partial charge in [-0.05, 0) is 49.4 Å². The van der Waals surface area contributed by atoms with Crippen molar-refractivity contribution in [3.8, 4) is 0 Å². The van der Waals surface area contributed by atoms with Gasteiger partial charge in [0, 0.05) is 15.2 Å². The van der Waals surface area contributed by atoms with Crippen LogP contribution in [-0.2, 0) is 24.3 Å². The molecule has 0 saturated carbocycles. The fourth-order valence-corrected chi connectivity index (χ4v) is 4.12. The summed E-state index contributed by atoms with van der Waals surface area (Å²) in [7, 11) is -4.03. The topological polar surface area (TPSA) is 102 Å². The fraction of sp³-hybridized carbons (Fsp3) is 0.176. The van der Waals surface area contributed by atoms with E-state index in [-0.39, 0.29) is 9.92 Å². The molecule has 2 aromatic rings. The van der Waals surface area contributed by atoms with E-state index < -0.39 is 34.5 Å². The maximum Gasteiger partial charge on any atom is 0.321 e. The van der Waals surface area contributed by atoms with Crippen LogP contribution >= 0.6 is 39.1 Å². The molecule has 0 aromatic heterocycles. The first-order chi connectivity index (χ1) is 13.1. The number of rotatable bonds is 7. The van der Waals surface area contributed by atoms with Crippen LogP contribution in [0.4, 0.5) is 5.69 Å². The maximum atomic E-state index is 12.2. The summed E-state index contributed by atoms with van der Waals surface area (Å²) in [6.45, 7) is 0.705. The molecule has 2 N–H and O–H groups in total. The summed E-state index contributed by atoms with van der Waals surface area (Å²) in [6, 6.07) is 10.6. The van der Waals surface area contributed by atoms with E-state index >= 15 is 0 Å². The molecule has 11 heteroatoms. The van der Waals surface area contributed by atoms with Crippen molar-refractivity contribution in [2.75, 3.05) is 11.9 Å². The number of benzene rings is 2. The second-order valence-electron chi connectivity index (χ2n) is 5.53. The van der Waals surface area contributed by atoms with Crippen molar-refractivity contribution in [3.05, 3.63) is 57.0 Å². The van der Waals surface area contributed by atoms with Gasteiger partial charge in [0.2, 0.25) is 10.0 Å². The number of hydrogen-bond donors (Lipinski definition) is 2. The zero-order valence-corrected chi connectivity index (χ0v) is 18.3. The van der Waals surface area contributed by atoms with E-state index in [0.717, 1.165) is 0 Å². The van der Waals surface area contributed by atoms with E-state index in [9.17, 15) is 18.0 Å². The quantitative estimate of drug-likeness (QED) is 0.555. The van der Waals surface area contributed by atoms with Gasteiger partial charge >= 0.3 is 5.97 Å². The van der Waals surface area contributed by atoms with Crippen molar-refractivity contribution in [1.82, 2.24) is 4.72 Å². The highest BCUT2D eigenvalue weighted by Gasteiger charge is 2.22. The third-order valence-corrected chi connectivity index (χ3v) is 6.01. The standard InChI is InChI=1S/C17H15BrCl2N2O5S/c1-10(17(24)22-13-5-3-12(19)4-6-13)27-16(23)9-21-28(25,26)15-7-2-11(18)8-14(15)20/h2-8,10,21H,9H2,1H3,(H,22,24). The van der Waals surface area contributed by atoms with E-state index in [1.807, 2.05) is 0 Å². The summed E-state index contributed by atoms with van der Waals surface area (Å²) >= 11 is 14.9. The number of sulfonamides is 1. The van der Waals surface area contributed by atoms with Gasteiger partial charge in [-0.1, -0.05) is 39.1 Å². The Hall–Kier alpha value is -1.65. The number of carbonyl (C=O) groups excluding carboxylic acids is 2. The van der Waals surface area contributed by atoms with Crippen LogP contribution in [0.5, 0.6) is 0 Å². The molecule has 150 valence electrons. The molecular weight excluding hydrogens is 495 g/mol. The Balaban J connectivity index is 1.90. The smallest absolute Gasteiger partial charge is 0.321 e. The zero-order chi connectivity index (χ0) is 20.9. The van der Waals surface area contributed by atoms with Crippen LogP contribution in [0.25, 0.3) is 0 Å². The van der Waals surface area contributed by atoms with Crippen LogP contribution in [0.15, 0.2) is 51.8 Å². The summed E-state index contributed by atoms with van der Waals surface area (Å²) in [5.74, 6) is -1.50. The molecule has 28 heavy (non-hydrogen) atoms. The van der Waals surface area contributed by atoms with E-state index in [1.54, 1.807) is 24.3 Å². The van der Waals surface area contributed by atoms with Crippen LogP contribution < -0.4 is 10.0 Å². The van der Waals surface area contributed by atoms with E-state index in [2.05, 4.69) is 26.0 Å². The third kappa shape index (κ3) is 6.46. The SMILES string of the molecule is CC(OC(=O)CNS(=O)(=O)c1ccc(Br)cc1Cl)C(=O)Nc1ccc(Cl)cc1. The van der Waals surface area contributed by atoms with Gasteiger partial charge in [-0.25, -0.2) is 8.42 Å². The fourth-order valence-electron chi connectivity index (χ4n) is 1.99. The molecule has 0 bridgehead atoms. The minimum atomic E-state index is -4.03. The third-order valence-electron chi connectivity index (χ3n) is 3.38. The summed E-state index contributed by atoms with van der Waals surface area (Å²) in [5.41, 5.74) is 0.475. The Bertz CT molecular complexity index is 984. The van der Waals surface area contributed by atoms with E-state index in [4.69, 9.17) is 27.9 Å². The highest BCUT2D eigenvalue weighted by atomic mass is 79.9. The molecule has 0 spiro atoms. The second-order valence-corrected chi connectivity index (χ2v) is 9.02. The molecule has 0 aliphatic rings. The van der Waals surface area contributed by atoms with Gasteiger partial charge in [-0.15, -0.1) is 0 Å². The summed E-state index contributed by atoms with van der Waals surface area (Å²) in [5, 5.41) is 3.05. The van der Waals surface area contributed by atoms with Crippen LogP contribution in [0.1, 0.15) is 6.92 Å². The molecule has 1 atom stereocenters. The Morgan fingerprint density at radius 3 is 2.39 bits per heavy atom. The predicted octanol–water partition coefficient (Wildman–Crippen LogP) is 3.60. The lowest BCUT2D eigenvalue weighted by Gasteiger charge is -2.14. The monoisotopic (exact) mass is 508 g/mol. The molecule has 1 amide bonds. The number of halogens is 3. The van der Waals surface area contributed by atoms with Gasteiger partial charge in [0.15, 0.2) is 6.10 Å². The minimum absolute atomic E-state index is 0.00838. The Morgan fingerprint density at radius 2 is 1.79 bits per heavy atom. The summed E-state index contributed by atoms with van der Waals surface area (Å²) in [4.78, 5) is 23.8. The molecule has 0 aliphatic heterocycles. The highest BCUT2D eigenvalue weighted by Crippen LogP contribution is 2.25. The van der Waals surface area contributed by atoms with E-state index in [1.165, 1.54) is 25.1 Å². The number of carbonyl (C=O) groups is 2. The number of nitrogens with one attached hydrogen (secondary N) is 2. The number of hydrogen-bond acceptors (Lipinski definition) is 5. The molecule has 7 nitrogen and oxygen atoms in total.